The van der Waals surface area contributed by atoms with Gasteiger partial charge in [0.05, 0.1) is 11.2 Å². The molecule has 4 nitrogen and oxygen atoms in total. The van der Waals surface area contributed by atoms with Crippen LogP contribution in [0.1, 0.15) is 0 Å². The molecule has 0 aliphatic carbocycles. The van der Waals surface area contributed by atoms with E-state index in [1.807, 2.05) is 42.5 Å². The van der Waals surface area contributed by atoms with Crippen molar-refractivity contribution >= 4 is 17.3 Å². The van der Waals surface area contributed by atoms with E-state index < -0.39 is 0 Å². The topological polar surface area (TPSA) is 61.0 Å². The SMILES string of the molecule is Nc1cncnc1Oc1ccc(-c2ccccc2)cc1Cl. The van der Waals surface area contributed by atoms with Crippen molar-refractivity contribution in [2.24, 2.45) is 0 Å². The highest BCUT2D eigenvalue weighted by atomic mass is 35.5. The third-order valence-electron chi connectivity index (χ3n) is 2.95. The number of halogens is 1. The van der Waals surface area contributed by atoms with Crippen LogP contribution in [0.5, 0.6) is 11.6 Å². The van der Waals surface area contributed by atoms with Gasteiger partial charge in [-0.2, -0.15) is 4.98 Å². The molecule has 0 saturated carbocycles. The first-order valence-electron chi connectivity index (χ1n) is 6.32. The molecule has 0 unspecified atom stereocenters. The average Bonchev–Trinajstić information content (AvgIpc) is 2.52. The number of ether oxygens (including phenoxy) is 1. The van der Waals surface area contributed by atoms with Gasteiger partial charge in [0.25, 0.3) is 0 Å². The van der Waals surface area contributed by atoms with Crippen LogP contribution in [0.15, 0.2) is 61.1 Å². The number of nitrogen functional groups attached to an aromatic ring is 1. The molecule has 3 aromatic rings. The molecule has 0 amide bonds. The predicted octanol–water partition coefficient (Wildman–Crippen LogP) is 4.17. The first-order valence-corrected chi connectivity index (χ1v) is 6.70. The van der Waals surface area contributed by atoms with E-state index in [2.05, 4.69) is 9.97 Å². The van der Waals surface area contributed by atoms with Gasteiger partial charge < -0.3 is 10.5 Å². The van der Waals surface area contributed by atoms with E-state index in [1.54, 1.807) is 6.07 Å². The molecule has 0 radical (unpaired) electrons. The lowest BCUT2D eigenvalue weighted by molar-refractivity contribution is 0.464. The summed E-state index contributed by atoms with van der Waals surface area (Å²) in [5.74, 6) is 0.793. The lowest BCUT2D eigenvalue weighted by atomic mass is 10.1. The highest BCUT2D eigenvalue weighted by Crippen LogP contribution is 2.33. The van der Waals surface area contributed by atoms with Crippen LogP contribution in [0, 0.1) is 0 Å². The first kappa shape index (κ1) is 13.4. The van der Waals surface area contributed by atoms with Crippen LogP contribution in [0.4, 0.5) is 5.69 Å². The van der Waals surface area contributed by atoms with Crippen molar-refractivity contribution in [3.63, 3.8) is 0 Å². The van der Waals surface area contributed by atoms with E-state index in [9.17, 15) is 0 Å². The third-order valence-corrected chi connectivity index (χ3v) is 3.24. The van der Waals surface area contributed by atoms with Crippen molar-refractivity contribution in [3.05, 3.63) is 66.1 Å². The van der Waals surface area contributed by atoms with E-state index in [1.165, 1.54) is 12.5 Å². The minimum absolute atomic E-state index is 0.291. The zero-order valence-corrected chi connectivity index (χ0v) is 11.8. The van der Waals surface area contributed by atoms with Crippen LogP contribution < -0.4 is 10.5 Å². The Morgan fingerprint density at radius 1 is 1.00 bits per heavy atom. The second kappa shape index (κ2) is 5.81. The molecule has 1 aromatic heterocycles. The highest BCUT2D eigenvalue weighted by molar-refractivity contribution is 6.32. The molecule has 5 heteroatoms. The molecule has 0 aliphatic rings. The summed E-state index contributed by atoms with van der Waals surface area (Å²) in [6, 6.07) is 15.6. The molecule has 2 aromatic carbocycles. The van der Waals surface area contributed by atoms with Gasteiger partial charge in [-0.15, -0.1) is 0 Å². The number of nitrogens with zero attached hydrogens (tertiary/aromatic N) is 2. The fourth-order valence-electron chi connectivity index (χ4n) is 1.91. The standard InChI is InChI=1S/C16H12ClN3O/c17-13-8-12(11-4-2-1-3-5-11)6-7-15(13)21-16-14(18)9-19-10-20-16/h1-10H,18H2. The summed E-state index contributed by atoms with van der Waals surface area (Å²) in [5.41, 5.74) is 8.22. The molecule has 21 heavy (non-hydrogen) atoms. The molecule has 0 fully saturated rings. The minimum Gasteiger partial charge on any atom is -0.435 e. The van der Waals surface area contributed by atoms with Gasteiger partial charge >= 0.3 is 0 Å². The lowest BCUT2D eigenvalue weighted by Crippen LogP contribution is -1.96. The van der Waals surface area contributed by atoms with E-state index in [-0.39, 0.29) is 0 Å². The Morgan fingerprint density at radius 2 is 1.81 bits per heavy atom. The molecule has 3 rings (SSSR count). The zero-order chi connectivity index (χ0) is 14.7. The van der Waals surface area contributed by atoms with Gasteiger partial charge in [-0.3, -0.25) is 0 Å². The molecular formula is C16H12ClN3O. The van der Waals surface area contributed by atoms with Crippen molar-refractivity contribution < 1.29 is 4.74 Å². The Kier molecular flexibility index (Phi) is 3.71. The number of anilines is 1. The van der Waals surface area contributed by atoms with Crippen molar-refractivity contribution in [2.45, 2.75) is 0 Å². The summed E-state index contributed by atoms with van der Waals surface area (Å²) in [6.07, 6.45) is 2.85. The van der Waals surface area contributed by atoms with Gasteiger partial charge in [0.2, 0.25) is 5.88 Å². The summed E-state index contributed by atoms with van der Waals surface area (Å²) in [7, 11) is 0. The maximum Gasteiger partial charge on any atom is 0.245 e. The van der Waals surface area contributed by atoms with E-state index >= 15 is 0 Å². The van der Waals surface area contributed by atoms with Crippen molar-refractivity contribution in [1.29, 1.82) is 0 Å². The number of hydrogen-bond donors (Lipinski definition) is 1. The molecule has 0 bridgehead atoms. The van der Waals surface area contributed by atoms with Crippen LogP contribution >= 0.6 is 11.6 Å². The van der Waals surface area contributed by atoms with Crippen LogP contribution in [0.2, 0.25) is 5.02 Å². The van der Waals surface area contributed by atoms with Crippen molar-refractivity contribution in [2.75, 3.05) is 5.73 Å². The molecular weight excluding hydrogens is 286 g/mol. The summed E-state index contributed by atoms with van der Waals surface area (Å²) >= 11 is 6.27. The summed E-state index contributed by atoms with van der Waals surface area (Å²) in [4.78, 5) is 7.79. The summed E-state index contributed by atoms with van der Waals surface area (Å²) < 4.78 is 5.62. The monoisotopic (exact) mass is 297 g/mol. The Bertz CT molecular complexity index is 762. The van der Waals surface area contributed by atoms with Gasteiger partial charge in [0.15, 0.2) is 0 Å². The molecule has 0 spiro atoms. The zero-order valence-electron chi connectivity index (χ0n) is 11.0. The fourth-order valence-corrected chi connectivity index (χ4v) is 2.13. The van der Waals surface area contributed by atoms with Crippen molar-refractivity contribution in [3.8, 4) is 22.8 Å². The first-order chi connectivity index (χ1) is 10.2. The lowest BCUT2D eigenvalue weighted by Gasteiger charge is -2.09. The Balaban J connectivity index is 1.90. The van der Waals surface area contributed by atoms with Gasteiger partial charge in [0.1, 0.15) is 17.8 Å². The van der Waals surface area contributed by atoms with Crippen LogP contribution in [0.3, 0.4) is 0 Å². The smallest absolute Gasteiger partial charge is 0.245 e. The fraction of sp³-hybridized carbons (Fsp3) is 0. The second-order valence-electron chi connectivity index (χ2n) is 4.40. The largest absolute Gasteiger partial charge is 0.435 e. The quantitative estimate of drug-likeness (QED) is 0.788. The van der Waals surface area contributed by atoms with Gasteiger partial charge in [-0.05, 0) is 23.3 Å². The van der Waals surface area contributed by atoms with Gasteiger partial charge in [-0.1, -0.05) is 48.0 Å². The minimum atomic E-state index is 0.291. The number of nitrogens with two attached hydrogens (primary N) is 1. The maximum absolute atomic E-state index is 6.27. The van der Waals surface area contributed by atoms with Crippen LogP contribution in [0.25, 0.3) is 11.1 Å². The molecule has 104 valence electrons. The number of hydrogen-bond acceptors (Lipinski definition) is 4. The van der Waals surface area contributed by atoms with E-state index in [4.69, 9.17) is 22.1 Å². The highest BCUT2D eigenvalue weighted by Gasteiger charge is 2.08. The van der Waals surface area contributed by atoms with Gasteiger partial charge in [-0.25, -0.2) is 4.98 Å². The van der Waals surface area contributed by atoms with Crippen LogP contribution in [-0.4, -0.2) is 9.97 Å². The predicted molar refractivity (Wildman–Crippen MR) is 83.4 cm³/mol. The molecule has 2 N–H and O–H groups in total. The normalized spacial score (nSPS) is 10.3. The number of aromatic nitrogens is 2. The molecule has 0 atom stereocenters. The van der Waals surface area contributed by atoms with Gasteiger partial charge in [0, 0.05) is 0 Å². The summed E-state index contributed by atoms with van der Waals surface area (Å²) in [5, 5.41) is 0.495. The average molecular weight is 298 g/mol. The second-order valence-corrected chi connectivity index (χ2v) is 4.80. The number of rotatable bonds is 3. The summed E-state index contributed by atoms with van der Waals surface area (Å²) in [6.45, 7) is 0. The van der Waals surface area contributed by atoms with Crippen molar-refractivity contribution in [1.82, 2.24) is 9.97 Å². The Morgan fingerprint density at radius 3 is 2.52 bits per heavy atom. The van der Waals surface area contributed by atoms with Crippen LogP contribution in [-0.2, 0) is 0 Å². The number of benzene rings is 2. The Labute approximate surface area is 127 Å². The third kappa shape index (κ3) is 2.95. The Hall–Kier alpha value is -2.59. The van der Waals surface area contributed by atoms with E-state index in [0.717, 1.165) is 11.1 Å². The maximum atomic E-state index is 6.27. The van der Waals surface area contributed by atoms with E-state index in [0.29, 0.717) is 22.3 Å². The molecule has 0 saturated heterocycles. The molecule has 1 heterocycles. The molecule has 0 aliphatic heterocycles.